The molecule has 11 heteroatoms. The van der Waals surface area contributed by atoms with Crippen LogP contribution in [0.25, 0.3) is 11.4 Å². The highest BCUT2D eigenvalue weighted by Crippen LogP contribution is 2.42. The van der Waals surface area contributed by atoms with E-state index in [1.54, 1.807) is 29.1 Å². The lowest BCUT2D eigenvalue weighted by atomic mass is 9.93. The number of nitrogens with one attached hydrogen (secondary N) is 1. The summed E-state index contributed by atoms with van der Waals surface area (Å²) in [5, 5.41) is 17.8. The first-order valence-electron chi connectivity index (χ1n) is 13.0. The largest absolute Gasteiger partial charge is 0.392 e. The maximum absolute atomic E-state index is 15.1. The molecule has 200 valence electrons. The van der Waals surface area contributed by atoms with Gasteiger partial charge in [-0.1, -0.05) is 18.2 Å². The molecule has 0 spiro atoms. The van der Waals surface area contributed by atoms with Crippen LogP contribution >= 0.6 is 0 Å². The highest BCUT2D eigenvalue weighted by atomic mass is 19.1. The summed E-state index contributed by atoms with van der Waals surface area (Å²) in [6, 6.07) is 8.88. The van der Waals surface area contributed by atoms with Crippen molar-refractivity contribution in [1.29, 1.82) is 0 Å². The minimum Gasteiger partial charge on any atom is -0.392 e. The molecule has 1 fully saturated rings. The number of aliphatic hydroxyl groups excluding tert-OH is 1. The number of fused-ring (bicyclic) bond motifs is 1. The Balaban J connectivity index is 1.34. The molecule has 2 aromatic heterocycles. The third-order valence-electron chi connectivity index (χ3n) is 7.19. The number of nitrogen functional groups attached to an aromatic ring is 1. The molecule has 2 aliphatic rings. The van der Waals surface area contributed by atoms with E-state index in [-0.39, 0.29) is 35.9 Å². The summed E-state index contributed by atoms with van der Waals surface area (Å²) in [7, 11) is 0. The fourth-order valence-electron chi connectivity index (χ4n) is 5.06. The molecular formula is C28H29FN8O2. The number of amides is 1. The lowest BCUT2D eigenvalue weighted by Crippen LogP contribution is -2.39. The molecule has 3 heterocycles. The van der Waals surface area contributed by atoms with Gasteiger partial charge in [0.2, 0.25) is 11.9 Å². The monoisotopic (exact) mass is 528 g/mol. The van der Waals surface area contributed by atoms with Crippen molar-refractivity contribution in [3.8, 4) is 11.4 Å². The van der Waals surface area contributed by atoms with Crippen molar-refractivity contribution in [2.24, 2.45) is 0 Å². The average molecular weight is 529 g/mol. The van der Waals surface area contributed by atoms with E-state index in [1.807, 2.05) is 26.1 Å². The normalized spacial score (nSPS) is 15.1. The van der Waals surface area contributed by atoms with Gasteiger partial charge in [-0.15, -0.1) is 0 Å². The summed E-state index contributed by atoms with van der Waals surface area (Å²) in [6.07, 6.45) is 6.13. The van der Waals surface area contributed by atoms with Crippen LogP contribution < -0.4 is 16.0 Å². The molecule has 4 aromatic rings. The van der Waals surface area contributed by atoms with Gasteiger partial charge in [0.05, 0.1) is 29.7 Å². The number of aliphatic hydroxyl groups is 1. The SMILES string of the molecule is CC(C)n1cc(Nc2nc(N)nc(-c3cccc(N4CCc5cc(C6CC6)cc(F)c5C4=O)c3CO)n2)cn1. The molecule has 0 saturated heterocycles. The summed E-state index contributed by atoms with van der Waals surface area (Å²) in [4.78, 5) is 28.1. The Morgan fingerprint density at radius 2 is 2.03 bits per heavy atom. The molecule has 0 atom stereocenters. The molecule has 39 heavy (non-hydrogen) atoms. The van der Waals surface area contributed by atoms with Gasteiger partial charge in [-0.3, -0.25) is 9.48 Å². The zero-order chi connectivity index (χ0) is 27.3. The summed E-state index contributed by atoms with van der Waals surface area (Å²) >= 11 is 0. The number of aromatic nitrogens is 5. The van der Waals surface area contributed by atoms with Gasteiger partial charge in [-0.25, -0.2) is 4.39 Å². The van der Waals surface area contributed by atoms with Crippen molar-refractivity contribution in [1.82, 2.24) is 24.7 Å². The van der Waals surface area contributed by atoms with Gasteiger partial charge in [0.15, 0.2) is 5.82 Å². The maximum Gasteiger partial charge on any atom is 0.261 e. The Morgan fingerprint density at radius 3 is 2.74 bits per heavy atom. The molecule has 1 saturated carbocycles. The van der Waals surface area contributed by atoms with Crippen LogP contribution in [-0.4, -0.2) is 42.3 Å². The number of hydrogen-bond donors (Lipinski definition) is 3. The molecule has 10 nitrogen and oxygen atoms in total. The summed E-state index contributed by atoms with van der Waals surface area (Å²) in [5.74, 6) is -0.0854. The van der Waals surface area contributed by atoms with Crippen LogP contribution in [0.5, 0.6) is 0 Å². The van der Waals surface area contributed by atoms with Gasteiger partial charge in [0.1, 0.15) is 5.82 Å². The van der Waals surface area contributed by atoms with Crippen LogP contribution in [0.15, 0.2) is 42.7 Å². The van der Waals surface area contributed by atoms with E-state index in [1.165, 1.54) is 11.0 Å². The molecular weight excluding hydrogens is 499 g/mol. The summed E-state index contributed by atoms with van der Waals surface area (Å²) in [5.41, 5.74) is 9.91. The highest BCUT2D eigenvalue weighted by molar-refractivity contribution is 6.09. The quantitative estimate of drug-likeness (QED) is 0.322. The van der Waals surface area contributed by atoms with Crippen LogP contribution in [0.2, 0.25) is 0 Å². The van der Waals surface area contributed by atoms with Crippen LogP contribution in [0.3, 0.4) is 0 Å². The Kier molecular flexibility index (Phi) is 6.22. The fraction of sp³-hybridized carbons (Fsp3) is 0.321. The molecule has 1 aliphatic carbocycles. The van der Waals surface area contributed by atoms with E-state index >= 15 is 4.39 Å². The van der Waals surface area contributed by atoms with Gasteiger partial charge in [-0.2, -0.15) is 20.1 Å². The smallest absolute Gasteiger partial charge is 0.261 e. The lowest BCUT2D eigenvalue weighted by molar-refractivity contribution is 0.0976. The van der Waals surface area contributed by atoms with Gasteiger partial charge in [0, 0.05) is 29.9 Å². The lowest BCUT2D eigenvalue weighted by Gasteiger charge is -2.31. The molecule has 1 amide bonds. The first kappa shape index (κ1) is 24.9. The van der Waals surface area contributed by atoms with Crippen LogP contribution in [0.4, 0.5) is 27.7 Å². The van der Waals surface area contributed by atoms with E-state index in [0.29, 0.717) is 41.4 Å². The third-order valence-corrected chi connectivity index (χ3v) is 7.19. The van der Waals surface area contributed by atoms with Crippen molar-refractivity contribution in [3.63, 3.8) is 0 Å². The van der Waals surface area contributed by atoms with E-state index in [0.717, 1.165) is 24.0 Å². The number of anilines is 4. The minimum atomic E-state index is -0.493. The van der Waals surface area contributed by atoms with Gasteiger partial charge in [-0.05, 0) is 62.3 Å². The van der Waals surface area contributed by atoms with Crippen LogP contribution in [0, 0.1) is 5.82 Å². The average Bonchev–Trinajstić information content (AvgIpc) is 3.66. The second-order valence-corrected chi connectivity index (χ2v) is 10.2. The Labute approximate surface area is 224 Å². The van der Waals surface area contributed by atoms with Gasteiger partial charge in [0.25, 0.3) is 5.91 Å². The van der Waals surface area contributed by atoms with Gasteiger partial charge >= 0.3 is 0 Å². The number of benzene rings is 2. The summed E-state index contributed by atoms with van der Waals surface area (Å²) < 4.78 is 16.9. The van der Waals surface area contributed by atoms with Crippen molar-refractivity contribution in [2.45, 2.75) is 51.7 Å². The number of nitrogens with zero attached hydrogens (tertiary/aromatic N) is 6. The van der Waals surface area contributed by atoms with E-state index in [2.05, 4.69) is 25.4 Å². The molecule has 1 aliphatic heterocycles. The topological polar surface area (TPSA) is 135 Å². The van der Waals surface area contributed by atoms with Gasteiger partial charge < -0.3 is 21.1 Å². The Morgan fingerprint density at radius 1 is 1.21 bits per heavy atom. The van der Waals surface area contributed by atoms with Crippen molar-refractivity contribution >= 4 is 29.2 Å². The predicted octanol–water partition coefficient (Wildman–Crippen LogP) is 4.35. The van der Waals surface area contributed by atoms with Crippen LogP contribution in [0.1, 0.15) is 65.7 Å². The number of rotatable bonds is 7. The molecule has 2 aromatic carbocycles. The number of nitrogens with two attached hydrogens (primary N) is 1. The van der Waals surface area contributed by atoms with Crippen molar-refractivity contribution in [2.75, 3.05) is 22.5 Å². The number of carbonyl (C=O) groups is 1. The second kappa shape index (κ2) is 9.73. The molecule has 0 bridgehead atoms. The van der Waals surface area contributed by atoms with Crippen molar-refractivity contribution in [3.05, 3.63) is 70.8 Å². The first-order chi connectivity index (χ1) is 18.8. The maximum atomic E-state index is 15.1. The number of carbonyl (C=O) groups excluding carboxylic acids is 1. The van der Waals surface area contributed by atoms with Crippen molar-refractivity contribution < 1.29 is 14.3 Å². The first-order valence-corrected chi connectivity index (χ1v) is 13.0. The molecule has 0 radical (unpaired) electrons. The number of hydrogen-bond acceptors (Lipinski definition) is 8. The number of halogens is 1. The molecule has 0 unspecified atom stereocenters. The van der Waals surface area contributed by atoms with E-state index in [9.17, 15) is 9.90 Å². The standard InChI is InChI=1S/C28H29FN8O2/c1-15(2)37-13-19(12-31-37)32-28-34-25(33-27(30)35-28)20-4-3-5-23(21(20)14-38)36-9-8-17-10-18(16-6-7-16)11-22(29)24(17)26(36)39/h3-5,10-13,15-16,38H,6-9,14H2,1-2H3,(H3,30,32,33,34,35). The zero-order valence-electron chi connectivity index (χ0n) is 21.7. The zero-order valence-corrected chi connectivity index (χ0v) is 21.7. The highest BCUT2D eigenvalue weighted by Gasteiger charge is 2.33. The minimum absolute atomic E-state index is 0.00967. The fourth-order valence-corrected chi connectivity index (χ4v) is 5.06. The molecule has 4 N–H and O–H groups in total. The predicted molar refractivity (Wildman–Crippen MR) is 145 cm³/mol. The second-order valence-electron chi connectivity index (χ2n) is 10.2. The third kappa shape index (κ3) is 4.69. The summed E-state index contributed by atoms with van der Waals surface area (Å²) in [6.45, 7) is 4.01. The Hall–Kier alpha value is -4.38. The Bertz CT molecular complexity index is 1580. The van der Waals surface area contributed by atoms with Crippen LogP contribution in [-0.2, 0) is 13.0 Å². The molecule has 6 rings (SSSR count). The van der Waals surface area contributed by atoms with E-state index in [4.69, 9.17) is 5.73 Å². The van der Waals surface area contributed by atoms with E-state index < -0.39 is 11.7 Å².